The van der Waals surface area contributed by atoms with Crippen LogP contribution in [-0.2, 0) is 12.4 Å². The molecule has 0 saturated carbocycles. The normalized spacial score (nSPS) is 10.8. The van der Waals surface area contributed by atoms with Crippen molar-refractivity contribution in [3.63, 3.8) is 0 Å². The molecule has 0 fully saturated rings. The highest BCUT2D eigenvalue weighted by atomic mass is 35.5. The van der Waals surface area contributed by atoms with Crippen LogP contribution in [0.5, 0.6) is 5.75 Å². The molecule has 0 spiro atoms. The summed E-state index contributed by atoms with van der Waals surface area (Å²) in [5.74, 6) is 1.94. The molecule has 0 atom stereocenters. The van der Waals surface area contributed by atoms with Gasteiger partial charge in [-0.3, -0.25) is 0 Å². The fourth-order valence-corrected chi connectivity index (χ4v) is 3.34. The fraction of sp³-hybridized carbons (Fsp3) is 0.222. The van der Waals surface area contributed by atoms with E-state index in [4.69, 9.17) is 20.8 Å². The van der Waals surface area contributed by atoms with Gasteiger partial charge in [0.15, 0.2) is 6.61 Å². The molecule has 1 heterocycles. The van der Waals surface area contributed by atoms with E-state index in [-0.39, 0.29) is 6.61 Å². The maximum atomic E-state index is 6.14. The molecule has 3 aromatic rings. The van der Waals surface area contributed by atoms with Crippen LogP contribution in [0.1, 0.15) is 22.6 Å². The molecule has 0 aliphatic carbocycles. The summed E-state index contributed by atoms with van der Waals surface area (Å²) in [7, 11) is 0. The summed E-state index contributed by atoms with van der Waals surface area (Å²) >= 11 is 7.59. The van der Waals surface area contributed by atoms with Crippen LogP contribution in [0.2, 0.25) is 5.02 Å². The second-order valence-corrected chi connectivity index (χ2v) is 6.79. The summed E-state index contributed by atoms with van der Waals surface area (Å²) in [5.41, 5.74) is 3.36. The highest BCUT2D eigenvalue weighted by Crippen LogP contribution is 2.26. The first-order valence-corrected chi connectivity index (χ1v) is 8.86. The molecule has 0 bridgehead atoms. The van der Waals surface area contributed by atoms with E-state index in [0.29, 0.717) is 16.9 Å². The molecule has 4 nitrogen and oxygen atoms in total. The monoisotopic (exact) mass is 360 g/mol. The second kappa shape index (κ2) is 7.73. The van der Waals surface area contributed by atoms with Gasteiger partial charge in [0, 0.05) is 10.8 Å². The Labute approximate surface area is 150 Å². The number of thioether (sulfide) groups is 1. The Balaban J connectivity index is 1.56. The molecule has 1 aromatic heterocycles. The molecule has 2 aromatic carbocycles. The molecular weight excluding hydrogens is 344 g/mol. The summed E-state index contributed by atoms with van der Waals surface area (Å²) in [6, 6.07) is 13.8. The second-order valence-electron chi connectivity index (χ2n) is 5.45. The number of hydrogen-bond donors (Lipinski definition) is 0. The molecule has 0 unspecified atom stereocenters. The van der Waals surface area contributed by atoms with Crippen molar-refractivity contribution in [3.8, 4) is 5.75 Å². The standard InChI is InChI=1S/C18H17ClN2O2S/c1-12-7-13(2)9-15(8-12)22-10-17-20-21-18(23-17)24-11-14-5-3-4-6-16(14)19/h3-9H,10-11H2,1-2H3. The van der Waals surface area contributed by atoms with Gasteiger partial charge in [-0.15, -0.1) is 10.2 Å². The van der Waals surface area contributed by atoms with Crippen molar-refractivity contribution in [3.05, 3.63) is 70.1 Å². The Morgan fingerprint density at radius 3 is 2.58 bits per heavy atom. The van der Waals surface area contributed by atoms with Gasteiger partial charge in [-0.05, 0) is 48.7 Å². The lowest BCUT2D eigenvalue weighted by atomic mass is 10.1. The Kier molecular flexibility index (Phi) is 5.43. The van der Waals surface area contributed by atoms with Gasteiger partial charge < -0.3 is 9.15 Å². The number of hydrogen-bond acceptors (Lipinski definition) is 5. The Bertz CT molecular complexity index is 815. The average molecular weight is 361 g/mol. The van der Waals surface area contributed by atoms with Crippen LogP contribution in [0.25, 0.3) is 0 Å². The van der Waals surface area contributed by atoms with Crippen LogP contribution >= 0.6 is 23.4 Å². The van der Waals surface area contributed by atoms with Crippen molar-refractivity contribution in [1.82, 2.24) is 10.2 Å². The lowest BCUT2D eigenvalue weighted by Crippen LogP contribution is -1.96. The van der Waals surface area contributed by atoms with E-state index in [2.05, 4.69) is 16.3 Å². The molecule has 0 aliphatic rings. The number of aryl methyl sites for hydroxylation is 2. The summed E-state index contributed by atoms with van der Waals surface area (Å²) in [5, 5.41) is 9.29. The van der Waals surface area contributed by atoms with Crippen molar-refractivity contribution in [2.45, 2.75) is 31.4 Å². The van der Waals surface area contributed by atoms with Crippen LogP contribution in [0.4, 0.5) is 0 Å². The highest BCUT2D eigenvalue weighted by Gasteiger charge is 2.09. The molecule has 24 heavy (non-hydrogen) atoms. The SMILES string of the molecule is Cc1cc(C)cc(OCc2nnc(SCc3ccccc3Cl)o2)c1. The Morgan fingerprint density at radius 1 is 1.08 bits per heavy atom. The van der Waals surface area contributed by atoms with Crippen molar-refractivity contribution < 1.29 is 9.15 Å². The summed E-state index contributed by atoms with van der Waals surface area (Å²) < 4.78 is 11.3. The Morgan fingerprint density at radius 2 is 1.83 bits per heavy atom. The number of rotatable bonds is 6. The third kappa shape index (κ3) is 4.52. The molecule has 0 radical (unpaired) electrons. The average Bonchev–Trinajstić information content (AvgIpc) is 2.99. The zero-order chi connectivity index (χ0) is 16.9. The number of ether oxygens (including phenoxy) is 1. The van der Waals surface area contributed by atoms with E-state index in [1.54, 1.807) is 0 Å². The molecule has 3 rings (SSSR count). The topological polar surface area (TPSA) is 48.2 Å². The van der Waals surface area contributed by atoms with Crippen molar-refractivity contribution in [2.24, 2.45) is 0 Å². The van der Waals surface area contributed by atoms with Crippen LogP contribution < -0.4 is 4.74 Å². The number of nitrogens with zero attached hydrogens (tertiary/aromatic N) is 2. The van der Waals surface area contributed by atoms with Crippen LogP contribution in [-0.4, -0.2) is 10.2 Å². The van der Waals surface area contributed by atoms with Crippen LogP contribution in [0.15, 0.2) is 52.1 Å². The molecular formula is C18H17ClN2O2S. The van der Waals surface area contributed by atoms with E-state index in [0.717, 1.165) is 27.5 Å². The van der Waals surface area contributed by atoms with Gasteiger partial charge in [-0.1, -0.05) is 47.6 Å². The summed E-state index contributed by atoms with van der Waals surface area (Å²) in [4.78, 5) is 0. The summed E-state index contributed by atoms with van der Waals surface area (Å²) in [6.07, 6.45) is 0. The van der Waals surface area contributed by atoms with Crippen LogP contribution in [0, 0.1) is 13.8 Å². The van der Waals surface area contributed by atoms with Gasteiger partial charge in [-0.2, -0.15) is 0 Å². The van der Waals surface area contributed by atoms with E-state index >= 15 is 0 Å². The minimum absolute atomic E-state index is 0.253. The molecule has 124 valence electrons. The smallest absolute Gasteiger partial charge is 0.277 e. The predicted molar refractivity (Wildman–Crippen MR) is 95.6 cm³/mol. The molecule has 0 aliphatic heterocycles. The largest absolute Gasteiger partial charge is 0.484 e. The van der Waals surface area contributed by atoms with E-state index < -0.39 is 0 Å². The first-order valence-electron chi connectivity index (χ1n) is 7.50. The molecule has 0 saturated heterocycles. The molecule has 6 heteroatoms. The fourth-order valence-electron chi connectivity index (χ4n) is 2.27. The highest BCUT2D eigenvalue weighted by molar-refractivity contribution is 7.98. The van der Waals surface area contributed by atoms with Crippen LogP contribution in [0.3, 0.4) is 0 Å². The van der Waals surface area contributed by atoms with Gasteiger partial charge in [0.2, 0.25) is 0 Å². The van der Waals surface area contributed by atoms with Crippen molar-refractivity contribution in [1.29, 1.82) is 0 Å². The lowest BCUT2D eigenvalue weighted by Gasteiger charge is -2.05. The molecule has 0 N–H and O–H groups in total. The van der Waals surface area contributed by atoms with Gasteiger partial charge >= 0.3 is 0 Å². The van der Waals surface area contributed by atoms with E-state index in [1.807, 2.05) is 50.2 Å². The minimum Gasteiger partial charge on any atom is -0.484 e. The van der Waals surface area contributed by atoms with Gasteiger partial charge in [0.1, 0.15) is 5.75 Å². The van der Waals surface area contributed by atoms with Gasteiger partial charge in [0.25, 0.3) is 11.1 Å². The van der Waals surface area contributed by atoms with Crippen molar-refractivity contribution >= 4 is 23.4 Å². The zero-order valence-corrected chi connectivity index (χ0v) is 15.0. The Hall–Kier alpha value is -1.98. The lowest BCUT2D eigenvalue weighted by molar-refractivity contribution is 0.252. The van der Waals surface area contributed by atoms with E-state index in [1.165, 1.54) is 11.8 Å². The van der Waals surface area contributed by atoms with E-state index in [9.17, 15) is 0 Å². The van der Waals surface area contributed by atoms with Gasteiger partial charge in [0.05, 0.1) is 0 Å². The van der Waals surface area contributed by atoms with Crippen molar-refractivity contribution in [2.75, 3.05) is 0 Å². The minimum atomic E-state index is 0.253. The maximum Gasteiger partial charge on any atom is 0.277 e. The first kappa shape index (κ1) is 16.9. The maximum absolute atomic E-state index is 6.14. The first-order chi connectivity index (χ1) is 11.6. The van der Waals surface area contributed by atoms with Gasteiger partial charge in [-0.25, -0.2) is 0 Å². The number of benzene rings is 2. The predicted octanol–water partition coefficient (Wildman–Crippen LogP) is 5.21. The third-order valence-corrected chi connectivity index (χ3v) is 4.55. The number of aromatic nitrogens is 2. The third-order valence-electron chi connectivity index (χ3n) is 3.31. The quantitative estimate of drug-likeness (QED) is 0.564. The summed E-state index contributed by atoms with van der Waals surface area (Å²) in [6.45, 7) is 4.33. The molecule has 0 amide bonds. The zero-order valence-electron chi connectivity index (χ0n) is 13.5. The number of halogens is 1.